The van der Waals surface area contributed by atoms with Crippen molar-refractivity contribution in [2.75, 3.05) is 18.6 Å². The summed E-state index contributed by atoms with van der Waals surface area (Å²) in [6.45, 7) is 20.7. The first-order valence-corrected chi connectivity index (χ1v) is 26.4. The Morgan fingerprint density at radius 2 is 1.27 bits per heavy atom. The zero-order chi connectivity index (χ0) is 38.0. The quantitative estimate of drug-likeness (QED) is 0.108. The van der Waals surface area contributed by atoms with Gasteiger partial charge in [0, 0.05) is 36.9 Å². The van der Waals surface area contributed by atoms with Crippen molar-refractivity contribution in [2.24, 2.45) is 11.8 Å². The largest absolute Gasteiger partial charge is 0.270 e. The summed E-state index contributed by atoms with van der Waals surface area (Å²) in [4.78, 5) is 24.7. The summed E-state index contributed by atoms with van der Waals surface area (Å²) in [5, 5.41) is 0. The Balaban J connectivity index is 1.77. The fourth-order valence-corrected chi connectivity index (χ4v) is 20.9. The number of fused-ring (bicyclic) bond motifs is 4. The van der Waals surface area contributed by atoms with E-state index >= 15 is 0 Å². The second-order valence-corrected chi connectivity index (χ2v) is 24.8. The van der Waals surface area contributed by atoms with E-state index in [1.165, 1.54) is 98.9 Å². The van der Waals surface area contributed by atoms with Gasteiger partial charge in [0.15, 0.2) is 0 Å². The van der Waals surface area contributed by atoms with E-state index in [1.807, 2.05) is 22.7 Å². The molecule has 1 amide bonds. The van der Waals surface area contributed by atoms with Crippen LogP contribution in [0.4, 0.5) is 0 Å². The van der Waals surface area contributed by atoms with Crippen molar-refractivity contribution < 1.29 is 13.2 Å². The number of carbonyl (C=O) groups is 1. The molecule has 0 spiro atoms. The highest BCUT2D eigenvalue weighted by Gasteiger charge is 2.49. The number of rotatable bonds is 21. The summed E-state index contributed by atoms with van der Waals surface area (Å²) in [5.74, 6) is 4.03. The number of hydrogen-bond acceptors (Lipinski definition) is 6. The SMILES string of the molecule is CCCCC(CC)CS1(CC(CC)CCCC)c2cc(-c3sc(C(C)(C)CCCC)c4c3C(=O)N(C)S4(=O)=O)sc2-c2sc(C(C)CCCC)cc21. The van der Waals surface area contributed by atoms with Crippen LogP contribution in [0.1, 0.15) is 178 Å². The zero-order valence-electron chi connectivity index (χ0n) is 33.9. The van der Waals surface area contributed by atoms with E-state index in [2.05, 4.69) is 74.4 Å². The van der Waals surface area contributed by atoms with Crippen LogP contribution in [0, 0.1) is 11.8 Å². The lowest BCUT2D eigenvalue weighted by molar-refractivity contribution is 0.0892. The molecular weight excluding hydrogens is 739 g/mol. The Bertz CT molecular complexity index is 1780. The average Bonchev–Trinajstić information content (AvgIpc) is 3.93. The Kier molecular flexibility index (Phi) is 14.0. The maximum absolute atomic E-state index is 14.0. The van der Waals surface area contributed by atoms with E-state index in [0.717, 1.165) is 38.2 Å². The predicted molar refractivity (Wildman–Crippen MR) is 231 cm³/mol. The molecule has 292 valence electrons. The minimum Gasteiger partial charge on any atom is -0.268 e. The molecule has 3 aromatic heterocycles. The molecule has 52 heavy (non-hydrogen) atoms. The standard InChI is InChI=1S/C43H67NO3S5/c1-11-17-21-29(7)32-25-34-38(48-32)39-35(51(34,27-30(15-5)22-18-12-2)28-31(16-6)23-19-13-3)26-33(49-39)37-36-40(52(46,47)44(10)42(36)45)41(50-37)43(8,9)24-20-14-4/h25-26,29-31H,11-24,27-28H2,1-10H3. The molecule has 9 heteroatoms. The van der Waals surface area contributed by atoms with E-state index in [0.29, 0.717) is 23.3 Å². The van der Waals surface area contributed by atoms with Gasteiger partial charge in [-0.25, -0.2) is 12.7 Å². The van der Waals surface area contributed by atoms with Gasteiger partial charge in [-0.2, -0.15) is 10.0 Å². The van der Waals surface area contributed by atoms with Crippen molar-refractivity contribution in [3.63, 3.8) is 0 Å². The van der Waals surface area contributed by atoms with E-state index < -0.39 is 20.1 Å². The fraction of sp³-hybridized carbons (Fsp3) is 0.698. The highest BCUT2D eigenvalue weighted by molar-refractivity contribution is 8.34. The van der Waals surface area contributed by atoms with Gasteiger partial charge in [0.05, 0.1) is 20.2 Å². The Morgan fingerprint density at radius 1 is 0.731 bits per heavy atom. The summed E-state index contributed by atoms with van der Waals surface area (Å²) >= 11 is 5.50. The maximum Gasteiger partial charge on any atom is 0.270 e. The molecule has 0 N–H and O–H groups in total. The van der Waals surface area contributed by atoms with Crippen LogP contribution in [0.3, 0.4) is 0 Å². The van der Waals surface area contributed by atoms with Gasteiger partial charge < -0.3 is 0 Å². The van der Waals surface area contributed by atoms with Crippen LogP contribution in [-0.4, -0.2) is 37.2 Å². The van der Waals surface area contributed by atoms with Crippen LogP contribution in [0.2, 0.25) is 0 Å². The number of hydrogen-bond donors (Lipinski definition) is 0. The van der Waals surface area contributed by atoms with E-state index in [9.17, 15) is 13.2 Å². The smallest absolute Gasteiger partial charge is 0.268 e. The van der Waals surface area contributed by atoms with Gasteiger partial charge in [-0.05, 0) is 67.1 Å². The second-order valence-electron chi connectivity index (χ2n) is 16.5. The Morgan fingerprint density at radius 3 is 1.83 bits per heavy atom. The first kappa shape index (κ1) is 42.0. The normalized spacial score (nSPS) is 20.8. The predicted octanol–water partition coefficient (Wildman–Crippen LogP) is 14.7. The zero-order valence-corrected chi connectivity index (χ0v) is 38.0. The van der Waals surface area contributed by atoms with Crippen LogP contribution >= 0.6 is 44.0 Å². The maximum atomic E-state index is 14.0. The lowest BCUT2D eigenvalue weighted by Gasteiger charge is -2.42. The molecule has 0 radical (unpaired) electrons. The van der Waals surface area contributed by atoms with Gasteiger partial charge in [-0.15, -0.1) is 34.0 Å². The van der Waals surface area contributed by atoms with E-state index in [-0.39, 0.29) is 16.2 Å². The number of unbranched alkanes of at least 4 members (excludes halogenated alkanes) is 4. The summed E-state index contributed by atoms with van der Waals surface area (Å²) < 4.78 is 28.9. The molecule has 0 fully saturated rings. The molecule has 4 nitrogen and oxygen atoms in total. The molecule has 0 bridgehead atoms. The lowest BCUT2D eigenvalue weighted by Crippen LogP contribution is -2.26. The van der Waals surface area contributed by atoms with Gasteiger partial charge in [-0.3, -0.25) is 4.79 Å². The van der Waals surface area contributed by atoms with Crippen molar-refractivity contribution in [3.05, 3.63) is 27.5 Å². The van der Waals surface area contributed by atoms with Crippen molar-refractivity contribution in [1.29, 1.82) is 0 Å². The van der Waals surface area contributed by atoms with Crippen LogP contribution < -0.4 is 0 Å². The lowest BCUT2D eigenvalue weighted by atomic mass is 9.85. The number of amides is 1. The number of thiophene rings is 3. The summed E-state index contributed by atoms with van der Waals surface area (Å²) in [7, 11) is -3.81. The molecule has 2 aliphatic rings. The van der Waals surface area contributed by atoms with E-state index in [4.69, 9.17) is 0 Å². The molecule has 0 aliphatic carbocycles. The van der Waals surface area contributed by atoms with Crippen LogP contribution in [0.5, 0.6) is 0 Å². The molecule has 5 heterocycles. The highest BCUT2D eigenvalue weighted by Crippen LogP contribution is 2.77. The van der Waals surface area contributed by atoms with Gasteiger partial charge in [0.25, 0.3) is 15.9 Å². The molecule has 0 saturated carbocycles. The van der Waals surface area contributed by atoms with Gasteiger partial charge in [0.1, 0.15) is 4.90 Å². The number of sulfonamides is 1. The third-order valence-corrected chi connectivity index (χ3v) is 23.1. The number of nitrogens with zero attached hydrogens (tertiary/aromatic N) is 1. The number of carbonyl (C=O) groups excluding carboxylic acids is 1. The van der Waals surface area contributed by atoms with Crippen molar-refractivity contribution in [2.45, 2.75) is 178 Å². The molecular formula is C43H67NO3S5. The second kappa shape index (κ2) is 17.3. The van der Waals surface area contributed by atoms with Gasteiger partial charge >= 0.3 is 0 Å². The first-order chi connectivity index (χ1) is 24.8. The Labute approximate surface area is 331 Å². The van der Waals surface area contributed by atoms with Gasteiger partial charge in [0.2, 0.25) is 0 Å². The monoisotopic (exact) mass is 805 g/mol. The van der Waals surface area contributed by atoms with Crippen LogP contribution in [-0.2, 0) is 15.4 Å². The first-order valence-electron chi connectivity index (χ1n) is 20.5. The molecule has 0 saturated heterocycles. The average molecular weight is 806 g/mol. The topological polar surface area (TPSA) is 54.5 Å². The summed E-state index contributed by atoms with van der Waals surface area (Å²) in [5.41, 5.74) is 0.0824. The van der Waals surface area contributed by atoms with Gasteiger partial charge in [-0.1, -0.05) is 127 Å². The van der Waals surface area contributed by atoms with Crippen LogP contribution in [0.25, 0.3) is 19.5 Å². The third-order valence-electron chi connectivity index (χ3n) is 12.0. The summed E-state index contributed by atoms with van der Waals surface area (Å²) in [6.07, 6.45) is 16.7. The molecule has 3 atom stereocenters. The Hall–Kier alpha value is -1.13. The highest BCUT2D eigenvalue weighted by atomic mass is 32.3. The molecule has 5 rings (SSSR count). The molecule has 3 unspecified atom stereocenters. The van der Waals surface area contributed by atoms with E-state index in [1.54, 1.807) is 26.0 Å². The summed E-state index contributed by atoms with van der Waals surface area (Å²) in [6, 6.07) is 5.15. The van der Waals surface area contributed by atoms with Crippen molar-refractivity contribution in [1.82, 2.24) is 4.31 Å². The van der Waals surface area contributed by atoms with Crippen molar-refractivity contribution >= 4 is 60.0 Å². The molecule has 0 aromatic carbocycles. The third kappa shape index (κ3) is 7.79. The fourth-order valence-electron chi connectivity index (χ4n) is 8.43. The molecule has 2 aliphatic heterocycles. The minimum atomic E-state index is -3.89. The van der Waals surface area contributed by atoms with Crippen LogP contribution in [0.15, 0.2) is 26.8 Å². The molecule has 3 aromatic rings. The van der Waals surface area contributed by atoms with Crippen molar-refractivity contribution in [3.8, 4) is 19.5 Å². The minimum absolute atomic E-state index is 0.286.